The minimum Gasteiger partial charge on any atom is -0.348 e. The lowest BCUT2D eigenvalue weighted by Gasteiger charge is -2.50. The molecule has 26 heavy (non-hydrogen) atoms. The summed E-state index contributed by atoms with van der Waals surface area (Å²) in [5, 5.41) is 1.94. The normalized spacial score (nSPS) is 21.7. The molecular formula is C19H22N4O2S. The van der Waals surface area contributed by atoms with Gasteiger partial charge in [0.1, 0.15) is 0 Å². The van der Waals surface area contributed by atoms with Gasteiger partial charge in [-0.15, -0.1) is 11.3 Å². The summed E-state index contributed by atoms with van der Waals surface area (Å²) in [6.45, 7) is 2.08. The Morgan fingerprint density at radius 1 is 1.23 bits per heavy atom. The van der Waals surface area contributed by atoms with E-state index in [1.807, 2.05) is 22.4 Å². The van der Waals surface area contributed by atoms with Gasteiger partial charge in [-0.25, -0.2) is 4.98 Å². The van der Waals surface area contributed by atoms with Gasteiger partial charge in [0.05, 0.1) is 22.4 Å². The second-order valence-corrected chi connectivity index (χ2v) is 8.49. The first-order valence-corrected chi connectivity index (χ1v) is 10.2. The minimum atomic E-state index is -0.348. The first kappa shape index (κ1) is 16.1. The minimum absolute atomic E-state index is 0.105. The Hall–Kier alpha value is -2.15. The number of carbonyl (C=O) groups excluding carboxylic acids is 2. The lowest BCUT2D eigenvalue weighted by atomic mass is 9.78. The molecule has 1 spiro atoms. The van der Waals surface area contributed by atoms with Crippen molar-refractivity contribution < 1.29 is 9.59 Å². The van der Waals surface area contributed by atoms with Crippen LogP contribution >= 0.6 is 11.3 Å². The molecule has 0 radical (unpaired) electrons. The van der Waals surface area contributed by atoms with E-state index in [2.05, 4.69) is 14.9 Å². The van der Waals surface area contributed by atoms with E-state index in [0.717, 1.165) is 54.9 Å². The van der Waals surface area contributed by atoms with Crippen LogP contribution in [0.15, 0.2) is 23.8 Å². The molecular weight excluding hydrogens is 348 g/mol. The number of nitrogens with zero attached hydrogens (tertiary/aromatic N) is 3. The summed E-state index contributed by atoms with van der Waals surface area (Å²) in [5.41, 5.74) is 1.84. The third kappa shape index (κ3) is 2.40. The zero-order chi connectivity index (χ0) is 17.7. The van der Waals surface area contributed by atoms with Gasteiger partial charge in [-0.05, 0) is 37.1 Å². The van der Waals surface area contributed by atoms with Crippen molar-refractivity contribution in [1.82, 2.24) is 19.8 Å². The van der Waals surface area contributed by atoms with Crippen LogP contribution in [0.5, 0.6) is 0 Å². The number of imidazole rings is 1. The van der Waals surface area contributed by atoms with Gasteiger partial charge in [-0.2, -0.15) is 0 Å². The van der Waals surface area contributed by atoms with E-state index in [9.17, 15) is 9.59 Å². The summed E-state index contributed by atoms with van der Waals surface area (Å²) in [4.78, 5) is 38.4. The third-order valence-corrected chi connectivity index (χ3v) is 6.92. The van der Waals surface area contributed by atoms with Crippen LogP contribution in [0.2, 0.25) is 0 Å². The van der Waals surface area contributed by atoms with Crippen molar-refractivity contribution in [2.24, 2.45) is 5.92 Å². The summed E-state index contributed by atoms with van der Waals surface area (Å²) in [7, 11) is 0. The summed E-state index contributed by atoms with van der Waals surface area (Å²) >= 11 is 1.49. The Bertz CT molecular complexity index is 832. The SMILES string of the molecule is O=C(c1cccs1)N1CCC2(CC1)c1nc[nH]c1CCN2C(=O)C1CC1. The number of aromatic amines is 1. The summed E-state index contributed by atoms with van der Waals surface area (Å²) < 4.78 is 0. The molecule has 1 saturated heterocycles. The Balaban J connectivity index is 1.43. The van der Waals surface area contributed by atoms with Crippen LogP contribution in [0.25, 0.3) is 0 Å². The Morgan fingerprint density at radius 2 is 2.04 bits per heavy atom. The fourth-order valence-electron chi connectivity index (χ4n) is 4.49. The summed E-state index contributed by atoms with van der Waals surface area (Å²) in [6.07, 6.45) is 6.15. The van der Waals surface area contributed by atoms with Gasteiger partial charge in [0.2, 0.25) is 5.91 Å². The van der Waals surface area contributed by atoms with Gasteiger partial charge >= 0.3 is 0 Å². The molecule has 2 aromatic heterocycles. The first-order valence-electron chi connectivity index (χ1n) is 9.36. The molecule has 2 fully saturated rings. The van der Waals surface area contributed by atoms with E-state index in [0.29, 0.717) is 13.1 Å². The molecule has 6 nitrogen and oxygen atoms in total. The van der Waals surface area contributed by atoms with E-state index in [1.54, 1.807) is 6.33 Å². The highest BCUT2D eigenvalue weighted by molar-refractivity contribution is 7.12. The van der Waals surface area contributed by atoms with E-state index < -0.39 is 0 Å². The van der Waals surface area contributed by atoms with Crippen LogP contribution in [0.1, 0.15) is 46.7 Å². The average Bonchev–Trinajstić information content (AvgIpc) is 3.16. The molecule has 3 aliphatic rings. The van der Waals surface area contributed by atoms with Crippen LogP contribution in [-0.4, -0.2) is 51.2 Å². The van der Waals surface area contributed by atoms with Crippen molar-refractivity contribution >= 4 is 23.2 Å². The zero-order valence-corrected chi connectivity index (χ0v) is 15.4. The topological polar surface area (TPSA) is 69.3 Å². The standard InChI is InChI=1S/C19H22N4O2S/c24-17(13-3-4-13)23-8-5-14-16(21-12-20-14)19(23)6-9-22(10-7-19)18(25)15-2-1-11-26-15/h1-2,11-13H,3-10H2,(H,20,21). The number of aromatic nitrogens is 2. The highest BCUT2D eigenvalue weighted by atomic mass is 32.1. The highest BCUT2D eigenvalue weighted by Crippen LogP contribution is 2.45. The monoisotopic (exact) mass is 370 g/mol. The third-order valence-electron chi connectivity index (χ3n) is 6.06. The molecule has 1 aliphatic carbocycles. The van der Waals surface area contributed by atoms with Gasteiger partial charge in [0.15, 0.2) is 0 Å². The van der Waals surface area contributed by atoms with E-state index in [-0.39, 0.29) is 23.3 Å². The fourth-order valence-corrected chi connectivity index (χ4v) is 5.18. The largest absolute Gasteiger partial charge is 0.348 e. The lowest BCUT2D eigenvalue weighted by molar-refractivity contribution is -0.143. The molecule has 4 heterocycles. The number of carbonyl (C=O) groups is 2. The second-order valence-electron chi connectivity index (χ2n) is 7.54. The lowest BCUT2D eigenvalue weighted by Crippen LogP contribution is -2.59. The van der Waals surface area contributed by atoms with Crippen molar-refractivity contribution in [3.05, 3.63) is 40.1 Å². The highest BCUT2D eigenvalue weighted by Gasteiger charge is 2.51. The number of likely N-dealkylation sites (tertiary alicyclic amines) is 1. The molecule has 7 heteroatoms. The number of hydrogen-bond acceptors (Lipinski definition) is 4. The number of piperidine rings is 1. The van der Waals surface area contributed by atoms with E-state index in [1.165, 1.54) is 11.3 Å². The molecule has 0 bridgehead atoms. The number of fused-ring (bicyclic) bond motifs is 2. The predicted molar refractivity (Wildman–Crippen MR) is 97.9 cm³/mol. The molecule has 5 rings (SSSR count). The molecule has 2 aromatic rings. The fraction of sp³-hybridized carbons (Fsp3) is 0.526. The number of amides is 2. The second kappa shape index (κ2) is 5.94. The van der Waals surface area contributed by atoms with Gasteiger partial charge in [0, 0.05) is 37.7 Å². The van der Waals surface area contributed by atoms with E-state index >= 15 is 0 Å². The van der Waals surface area contributed by atoms with Gasteiger partial charge in [-0.1, -0.05) is 6.07 Å². The molecule has 0 unspecified atom stereocenters. The number of H-pyrrole nitrogens is 1. The molecule has 2 amide bonds. The van der Waals surface area contributed by atoms with E-state index in [4.69, 9.17) is 0 Å². The summed E-state index contributed by atoms with van der Waals surface area (Å²) in [6, 6.07) is 3.79. The van der Waals surface area contributed by atoms with Crippen molar-refractivity contribution in [3.8, 4) is 0 Å². The van der Waals surface area contributed by atoms with Gasteiger partial charge < -0.3 is 14.8 Å². The Labute approximate surface area is 156 Å². The number of nitrogens with one attached hydrogen (secondary N) is 1. The Morgan fingerprint density at radius 3 is 2.73 bits per heavy atom. The maximum Gasteiger partial charge on any atom is 0.263 e. The van der Waals surface area contributed by atoms with Crippen molar-refractivity contribution in [2.45, 2.75) is 37.6 Å². The molecule has 1 saturated carbocycles. The summed E-state index contributed by atoms with van der Waals surface area (Å²) in [5.74, 6) is 0.600. The first-order chi connectivity index (χ1) is 12.7. The number of hydrogen-bond donors (Lipinski definition) is 1. The smallest absolute Gasteiger partial charge is 0.263 e. The molecule has 2 aliphatic heterocycles. The van der Waals surface area contributed by atoms with Gasteiger partial charge in [-0.3, -0.25) is 9.59 Å². The van der Waals surface area contributed by atoms with Crippen molar-refractivity contribution in [2.75, 3.05) is 19.6 Å². The number of thiophene rings is 1. The average molecular weight is 370 g/mol. The Kier molecular flexibility index (Phi) is 3.67. The van der Waals surface area contributed by atoms with Crippen molar-refractivity contribution in [3.63, 3.8) is 0 Å². The van der Waals surface area contributed by atoms with Crippen LogP contribution in [-0.2, 0) is 16.8 Å². The van der Waals surface area contributed by atoms with Crippen LogP contribution in [0.3, 0.4) is 0 Å². The zero-order valence-electron chi connectivity index (χ0n) is 14.6. The maximum absolute atomic E-state index is 13.0. The van der Waals surface area contributed by atoms with Crippen molar-refractivity contribution in [1.29, 1.82) is 0 Å². The van der Waals surface area contributed by atoms with Crippen LogP contribution in [0.4, 0.5) is 0 Å². The molecule has 136 valence electrons. The van der Waals surface area contributed by atoms with Gasteiger partial charge in [0.25, 0.3) is 5.91 Å². The van der Waals surface area contributed by atoms with Crippen LogP contribution < -0.4 is 0 Å². The predicted octanol–water partition coefficient (Wildman–Crippen LogP) is 2.40. The quantitative estimate of drug-likeness (QED) is 0.883. The van der Waals surface area contributed by atoms with Crippen LogP contribution in [0, 0.1) is 5.92 Å². The molecule has 0 atom stereocenters. The molecule has 0 aromatic carbocycles. The maximum atomic E-state index is 13.0. The molecule has 1 N–H and O–H groups in total. The number of rotatable bonds is 2.